The number of ether oxygens (including phenoxy) is 4. The molecule has 1 aromatic carbocycles. The number of esters is 2. The van der Waals surface area contributed by atoms with E-state index in [2.05, 4.69) is 87.1 Å². The summed E-state index contributed by atoms with van der Waals surface area (Å²) in [5, 5.41) is 32.0. The van der Waals surface area contributed by atoms with Crippen LogP contribution < -0.4 is 21.3 Å². The molecule has 108 heavy (non-hydrogen) atoms. The molecule has 6 unspecified atom stereocenters. The number of carbonyl (C=O) groups excluding carboxylic acids is 6. The first-order valence-electron chi connectivity index (χ1n) is 41.9. The zero-order chi connectivity index (χ0) is 79.4. The zero-order valence-electron chi connectivity index (χ0n) is 67.5. The van der Waals surface area contributed by atoms with Gasteiger partial charge in [0.05, 0.1) is 76.8 Å². The van der Waals surface area contributed by atoms with E-state index in [1.807, 2.05) is 0 Å². The average Bonchev–Trinajstić information content (AvgIpc) is 0.896. The number of rotatable bonds is 76. The molecule has 8 N–H and O–H groups in total. The van der Waals surface area contributed by atoms with Gasteiger partial charge >= 0.3 is 27.6 Å². The van der Waals surface area contributed by atoms with Gasteiger partial charge in [-0.1, -0.05) is 220 Å². The molecule has 0 bridgehead atoms. The van der Waals surface area contributed by atoms with Gasteiger partial charge in [-0.2, -0.15) is 0 Å². The lowest BCUT2D eigenvalue weighted by Crippen LogP contribution is -2.43. The maximum atomic E-state index is 13.7. The molecule has 0 aromatic heterocycles. The number of carbonyl (C=O) groups is 6. The molecular weight excluding hydrogens is 1420 g/mol. The zero-order valence-corrected chi connectivity index (χ0v) is 69.3. The van der Waals surface area contributed by atoms with Crippen LogP contribution in [0, 0.1) is 0 Å². The van der Waals surface area contributed by atoms with Crippen LogP contribution in [-0.4, -0.2) is 158 Å². The van der Waals surface area contributed by atoms with E-state index in [1.54, 1.807) is 0 Å². The summed E-state index contributed by atoms with van der Waals surface area (Å²) in [6.07, 6.45) is 43.6. The fraction of sp³-hybridized carbons (Fsp3) is 0.805. The molecule has 0 spiro atoms. The number of allylic oxidation sites excluding steroid dienone is 4. The second kappa shape index (κ2) is 69.3. The van der Waals surface area contributed by atoms with E-state index in [4.69, 9.17) is 37.0 Å². The normalized spacial score (nSPS) is 14.5. The Hall–Kier alpha value is -4.42. The van der Waals surface area contributed by atoms with Gasteiger partial charge in [0, 0.05) is 50.3 Å². The van der Waals surface area contributed by atoms with Gasteiger partial charge in [0.1, 0.15) is 12.2 Å². The van der Waals surface area contributed by atoms with Crippen LogP contribution in [0.15, 0.2) is 48.6 Å². The Morgan fingerprint density at radius 3 is 1.02 bits per heavy atom. The van der Waals surface area contributed by atoms with Crippen LogP contribution >= 0.6 is 15.6 Å². The fourth-order valence-electron chi connectivity index (χ4n) is 11.9. The molecule has 0 heterocycles. The molecule has 8 atom stereocenters. The van der Waals surface area contributed by atoms with Crippen molar-refractivity contribution in [3.05, 3.63) is 59.7 Å². The number of phosphoric ester groups is 2. The van der Waals surface area contributed by atoms with Crippen molar-refractivity contribution >= 4 is 51.2 Å². The minimum absolute atomic E-state index is 0.130. The highest BCUT2D eigenvalue weighted by atomic mass is 31.2. The second-order valence-electron chi connectivity index (χ2n) is 28.7. The number of amides is 4. The van der Waals surface area contributed by atoms with E-state index < -0.39 is 102 Å². The van der Waals surface area contributed by atoms with Gasteiger partial charge in [-0.15, -0.1) is 0 Å². The molecule has 0 saturated heterocycles. The molecule has 626 valence electrons. The standard InChI is InChI=1S/C82H148N4O20P2/c1-7-13-19-25-27-29-31-37-43-49-79(91)105-75(47-41-35-23-17-11-5)63-77(89)85-71(65-99-59-55-73(87)45-39-33-21-15-9-3)67-103-107(95,96)101-61-57-83-81(93)69-51-53-70(54-52-69)82(94)84-58-62-102-108(97,98)104-68-72(66-100-60-56-74(88)46-40-34-22-16-10-4)86-78(90)64-76(48-42-36-24-18-12-6)106-80(92)50-44-38-32-30-28-26-20-14-8-2/h29-32,51-54,71-76,87-88H,7-28,33-50,55-68H2,1-6H3,(H,83,93)(H,84,94)(H,85,89)(H,86,90)(H,95,96)(H,97,98)/b31-29-,32-30-/t71?,72?,73?,74?,75-,76-/m1/s1. The lowest BCUT2D eigenvalue weighted by molar-refractivity contribution is -0.152. The summed E-state index contributed by atoms with van der Waals surface area (Å²) in [6, 6.07) is 3.65. The molecule has 1 rings (SSSR count). The number of hydrogen-bond donors (Lipinski definition) is 8. The Bertz CT molecular complexity index is 2410. The number of benzene rings is 1. The first-order chi connectivity index (χ1) is 52.2. The smallest absolute Gasteiger partial charge is 0.462 e. The molecule has 24 nitrogen and oxygen atoms in total. The van der Waals surface area contributed by atoms with Crippen molar-refractivity contribution in [2.45, 2.75) is 361 Å². The molecule has 0 aliphatic rings. The number of aliphatic hydroxyl groups is 2. The molecule has 0 fully saturated rings. The summed E-state index contributed by atoms with van der Waals surface area (Å²) in [5.74, 6) is -2.88. The highest BCUT2D eigenvalue weighted by molar-refractivity contribution is 7.47. The Morgan fingerprint density at radius 2 is 0.685 bits per heavy atom. The summed E-state index contributed by atoms with van der Waals surface area (Å²) in [7, 11) is -9.55. The Labute approximate surface area is 650 Å². The molecule has 0 aliphatic carbocycles. The van der Waals surface area contributed by atoms with E-state index >= 15 is 0 Å². The van der Waals surface area contributed by atoms with Crippen molar-refractivity contribution in [1.82, 2.24) is 21.3 Å². The number of phosphoric acid groups is 2. The molecule has 26 heteroatoms. The van der Waals surface area contributed by atoms with Crippen molar-refractivity contribution in [3.8, 4) is 0 Å². The maximum Gasteiger partial charge on any atom is 0.472 e. The van der Waals surface area contributed by atoms with Gasteiger partial charge in [-0.3, -0.25) is 46.9 Å². The molecule has 4 amide bonds. The minimum atomic E-state index is -4.78. The number of nitrogens with one attached hydrogen (secondary N) is 4. The topological polar surface area (TPSA) is 339 Å². The lowest BCUT2D eigenvalue weighted by Gasteiger charge is -2.23. The summed E-state index contributed by atoms with van der Waals surface area (Å²) < 4.78 is 71.0. The Kier molecular flexibility index (Phi) is 65.2. The average molecular weight is 1570 g/mol. The summed E-state index contributed by atoms with van der Waals surface area (Å²) >= 11 is 0. The molecular formula is C82H148N4O20P2. The summed E-state index contributed by atoms with van der Waals surface area (Å²) in [6.45, 7) is 10.6. The molecule has 0 aliphatic heterocycles. The van der Waals surface area contributed by atoms with E-state index in [-0.39, 0.29) is 88.3 Å². The predicted molar refractivity (Wildman–Crippen MR) is 427 cm³/mol. The molecule has 0 saturated carbocycles. The van der Waals surface area contributed by atoms with Crippen molar-refractivity contribution in [3.63, 3.8) is 0 Å². The van der Waals surface area contributed by atoms with Crippen LogP contribution in [-0.2, 0) is 65.4 Å². The van der Waals surface area contributed by atoms with E-state index in [9.17, 15) is 57.9 Å². The number of aliphatic hydroxyl groups excluding tert-OH is 2. The third-order valence-corrected chi connectivity index (χ3v) is 20.3. The Balaban J connectivity index is 2.94. The van der Waals surface area contributed by atoms with Crippen LogP contribution in [0.1, 0.15) is 345 Å². The SMILES string of the molecule is CCCCCC/C=C\CCCC(=O)O[C@H](CCCCCCC)CC(=O)NC(COCCC(O)CCCCCCC)COP(=O)(O)OCCNC(=O)c1ccc(C(=O)NCCOP(=O)(O)OCC(COCCC(O)CCCCCCC)NC(=O)C[C@@H](CCCCCCC)OC(=O)CCC/C=C\CCCCCC)cc1. The fourth-order valence-corrected chi connectivity index (χ4v) is 13.4. The third-order valence-electron chi connectivity index (χ3n) is 18.4. The van der Waals surface area contributed by atoms with Gasteiger partial charge in [0.25, 0.3) is 11.8 Å². The largest absolute Gasteiger partial charge is 0.472 e. The van der Waals surface area contributed by atoms with Gasteiger partial charge in [-0.05, 0) is 127 Å². The van der Waals surface area contributed by atoms with Gasteiger partial charge < -0.3 is 60.2 Å². The maximum absolute atomic E-state index is 13.7. The minimum Gasteiger partial charge on any atom is -0.462 e. The summed E-state index contributed by atoms with van der Waals surface area (Å²) in [5.41, 5.74) is 0.285. The van der Waals surface area contributed by atoms with Crippen LogP contribution in [0.2, 0.25) is 0 Å². The third kappa shape index (κ3) is 61.2. The monoisotopic (exact) mass is 1570 g/mol. The quantitative estimate of drug-likeness (QED) is 0.0130. The van der Waals surface area contributed by atoms with E-state index in [0.717, 1.165) is 167 Å². The highest BCUT2D eigenvalue weighted by Gasteiger charge is 2.29. The van der Waals surface area contributed by atoms with Gasteiger partial charge in [-0.25, -0.2) is 9.13 Å². The van der Waals surface area contributed by atoms with Crippen LogP contribution in [0.5, 0.6) is 0 Å². The van der Waals surface area contributed by atoms with Gasteiger partial charge in [0.2, 0.25) is 11.8 Å². The number of hydrogen-bond acceptors (Lipinski definition) is 18. The van der Waals surface area contributed by atoms with Gasteiger partial charge in [0.15, 0.2) is 0 Å². The second-order valence-corrected chi connectivity index (χ2v) is 31.6. The Morgan fingerprint density at radius 1 is 0.380 bits per heavy atom. The number of unbranched alkanes of at least 4 members (excludes halogenated alkanes) is 26. The molecule has 0 radical (unpaired) electrons. The van der Waals surface area contributed by atoms with Crippen molar-refractivity contribution < 1.29 is 94.9 Å². The van der Waals surface area contributed by atoms with Crippen LogP contribution in [0.25, 0.3) is 0 Å². The first kappa shape index (κ1) is 102. The van der Waals surface area contributed by atoms with Crippen LogP contribution in [0.3, 0.4) is 0 Å². The van der Waals surface area contributed by atoms with Crippen molar-refractivity contribution in [1.29, 1.82) is 0 Å². The molecule has 1 aromatic rings. The van der Waals surface area contributed by atoms with E-state index in [1.165, 1.54) is 62.8 Å². The first-order valence-corrected chi connectivity index (χ1v) is 44.9. The van der Waals surface area contributed by atoms with Crippen molar-refractivity contribution in [2.75, 3.05) is 65.9 Å². The lowest BCUT2D eigenvalue weighted by atomic mass is 10.1. The van der Waals surface area contributed by atoms with Crippen LogP contribution in [0.4, 0.5) is 0 Å². The van der Waals surface area contributed by atoms with Crippen molar-refractivity contribution in [2.24, 2.45) is 0 Å². The highest BCUT2D eigenvalue weighted by Crippen LogP contribution is 2.44. The van der Waals surface area contributed by atoms with E-state index in [0.29, 0.717) is 51.4 Å². The predicted octanol–water partition coefficient (Wildman–Crippen LogP) is 17.4. The summed E-state index contributed by atoms with van der Waals surface area (Å²) in [4.78, 5) is 101.